The van der Waals surface area contributed by atoms with Crippen LogP contribution in [0.2, 0.25) is 0 Å². The summed E-state index contributed by atoms with van der Waals surface area (Å²) < 4.78 is 0. The lowest BCUT2D eigenvalue weighted by atomic mass is 10.1. The van der Waals surface area contributed by atoms with Gasteiger partial charge in [0.2, 0.25) is 0 Å². The van der Waals surface area contributed by atoms with E-state index < -0.39 is 0 Å². The van der Waals surface area contributed by atoms with Gasteiger partial charge in [0.1, 0.15) is 0 Å². The van der Waals surface area contributed by atoms with Crippen molar-refractivity contribution < 1.29 is 5.11 Å². The Kier molecular flexibility index (Phi) is 14.5. The van der Waals surface area contributed by atoms with Crippen molar-refractivity contribution in [2.75, 3.05) is 0 Å². The molecule has 1 unspecified atom stereocenters. The highest BCUT2D eigenvalue weighted by Gasteiger charge is 1.95. The zero-order valence-corrected chi connectivity index (χ0v) is 12.7. The maximum atomic E-state index is 9.12. The highest BCUT2D eigenvalue weighted by molar-refractivity contribution is 4.81. The summed E-state index contributed by atoms with van der Waals surface area (Å²) in [5.74, 6) is 0. The molecular formula is C17H34O. The van der Waals surface area contributed by atoms with Gasteiger partial charge in [-0.05, 0) is 32.6 Å². The highest BCUT2D eigenvalue weighted by Crippen LogP contribution is 2.11. The second-order valence-corrected chi connectivity index (χ2v) is 5.51. The Labute approximate surface area is 115 Å². The minimum absolute atomic E-state index is 0.107. The molecular weight excluding hydrogens is 220 g/mol. The molecule has 0 fully saturated rings. The molecule has 108 valence electrons. The van der Waals surface area contributed by atoms with Crippen LogP contribution in [0, 0.1) is 0 Å². The van der Waals surface area contributed by atoms with Gasteiger partial charge in [-0.25, -0.2) is 0 Å². The van der Waals surface area contributed by atoms with Crippen LogP contribution in [0.15, 0.2) is 12.2 Å². The Bertz CT molecular complexity index is 172. The average Bonchev–Trinajstić information content (AvgIpc) is 2.34. The Morgan fingerprint density at radius 3 is 1.83 bits per heavy atom. The molecule has 0 aromatic rings. The van der Waals surface area contributed by atoms with Gasteiger partial charge in [0.15, 0.2) is 0 Å². The van der Waals surface area contributed by atoms with Crippen LogP contribution in [-0.4, -0.2) is 11.2 Å². The van der Waals surface area contributed by atoms with E-state index in [9.17, 15) is 0 Å². The van der Waals surface area contributed by atoms with Crippen molar-refractivity contribution in [3.63, 3.8) is 0 Å². The average molecular weight is 254 g/mol. The van der Waals surface area contributed by atoms with Crippen LogP contribution in [0.4, 0.5) is 0 Å². The third-order valence-corrected chi connectivity index (χ3v) is 3.38. The predicted molar refractivity (Wildman–Crippen MR) is 81.9 cm³/mol. The van der Waals surface area contributed by atoms with Gasteiger partial charge in [-0.15, -0.1) is 0 Å². The molecule has 0 aliphatic rings. The van der Waals surface area contributed by atoms with Crippen molar-refractivity contribution in [2.45, 2.75) is 97.0 Å². The van der Waals surface area contributed by atoms with Gasteiger partial charge in [-0.3, -0.25) is 0 Å². The molecule has 0 saturated carbocycles. The first-order valence-corrected chi connectivity index (χ1v) is 8.10. The smallest absolute Gasteiger partial charge is 0.0512 e. The first kappa shape index (κ1) is 17.7. The van der Waals surface area contributed by atoms with Gasteiger partial charge in [-0.1, -0.05) is 70.4 Å². The zero-order valence-electron chi connectivity index (χ0n) is 12.7. The van der Waals surface area contributed by atoms with Crippen LogP contribution in [0.3, 0.4) is 0 Å². The number of aliphatic hydroxyl groups is 1. The molecule has 1 atom stereocenters. The molecule has 0 heterocycles. The fraction of sp³-hybridized carbons (Fsp3) is 0.882. The number of unbranched alkanes of at least 4 members (excludes halogenated alkanes) is 9. The Hall–Kier alpha value is -0.300. The molecule has 0 aliphatic heterocycles. The largest absolute Gasteiger partial charge is 0.393 e. The summed E-state index contributed by atoms with van der Waals surface area (Å²) in [5.41, 5.74) is 0. The van der Waals surface area contributed by atoms with Crippen LogP contribution >= 0.6 is 0 Å². The first-order chi connectivity index (χ1) is 8.77. The molecule has 0 amide bonds. The van der Waals surface area contributed by atoms with E-state index in [4.69, 9.17) is 5.11 Å². The fourth-order valence-electron chi connectivity index (χ4n) is 2.14. The Morgan fingerprint density at radius 1 is 0.778 bits per heavy atom. The lowest BCUT2D eigenvalue weighted by Crippen LogP contribution is -1.98. The zero-order chi connectivity index (χ0) is 13.5. The van der Waals surface area contributed by atoms with Crippen LogP contribution in [0.25, 0.3) is 0 Å². The maximum absolute atomic E-state index is 9.12. The lowest BCUT2D eigenvalue weighted by molar-refractivity contribution is 0.180. The van der Waals surface area contributed by atoms with Gasteiger partial charge in [-0.2, -0.15) is 0 Å². The molecule has 18 heavy (non-hydrogen) atoms. The van der Waals surface area contributed by atoms with Crippen molar-refractivity contribution >= 4 is 0 Å². The normalized spacial score (nSPS) is 13.3. The molecule has 0 saturated heterocycles. The van der Waals surface area contributed by atoms with Gasteiger partial charge >= 0.3 is 0 Å². The van der Waals surface area contributed by atoms with Crippen LogP contribution < -0.4 is 0 Å². The number of aliphatic hydroxyl groups excluding tert-OH is 1. The molecule has 1 N–H and O–H groups in total. The third-order valence-electron chi connectivity index (χ3n) is 3.38. The molecule has 0 aromatic heterocycles. The number of allylic oxidation sites excluding steroid dienone is 2. The van der Waals surface area contributed by atoms with E-state index in [2.05, 4.69) is 19.1 Å². The van der Waals surface area contributed by atoms with Crippen molar-refractivity contribution in [3.8, 4) is 0 Å². The fourth-order valence-corrected chi connectivity index (χ4v) is 2.14. The van der Waals surface area contributed by atoms with Crippen molar-refractivity contribution in [3.05, 3.63) is 12.2 Å². The molecule has 0 spiro atoms. The minimum Gasteiger partial charge on any atom is -0.393 e. The van der Waals surface area contributed by atoms with Crippen molar-refractivity contribution in [1.29, 1.82) is 0 Å². The summed E-state index contributed by atoms with van der Waals surface area (Å²) >= 11 is 0. The van der Waals surface area contributed by atoms with E-state index in [0.717, 1.165) is 6.42 Å². The maximum Gasteiger partial charge on any atom is 0.0512 e. The van der Waals surface area contributed by atoms with Gasteiger partial charge in [0.25, 0.3) is 0 Å². The third kappa shape index (κ3) is 15.7. The summed E-state index contributed by atoms with van der Waals surface area (Å²) in [6, 6.07) is 0. The summed E-state index contributed by atoms with van der Waals surface area (Å²) in [6.45, 7) is 4.13. The topological polar surface area (TPSA) is 20.2 Å². The molecule has 0 aliphatic carbocycles. The van der Waals surface area contributed by atoms with E-state index >= 15 is 0 Å². The number of hydrogen-bond donors (Lipinski definition) is 1. The monoisotopic (exact) mass is 254 g/mol. The molecule has 1 nitrogen and oxygen atoms in total. The Balaban J connectivity index is 3.01. The van der Waals surface area contributed by atoms with E-state index in [1.807, 2.05) is 6.92 Å². The summed E-state index contributed by atoms with van der Waals surface area (Å²) in [7, 11) is 0. The summed E-state index contributed by atoms with van der Waals surface area (Å²) in [4.78, 5) is 0. The van der Waals surface area contributed by atoms with E-state index in [1.54, 1.807) is 0 Å². The molecule has 0 rings (SSSR count). The quantitative estimate of drug-likeness (QED) is 0.334. The van der Waals surface area contributed by atoms with Gasteiger partial charge < -0.3 is 5.11 Å². The molecule has 0 bridgehead atoms. The van der Waals surface area contributed by atoms with Crippen molar-refractivity contribution in [2.24, 2.45) is 0 Å². The van der Waals surface area contributed by atoms with Gasteiger partial charge in [0.05, 0.1) is 6.10 Å². The SMILES string of the molecule is CCCCC=CCCCCCCCCCC(C)O. The standard InChI is InChI=1S/C17H34O/c1-3-4-5-6-7-8-9-10-11-12-13-14-15-16-17(2)18/h6-7,17-18H,3-5,8-16H2,1-2H3. The van der Waals surface area contributed by atoms with Crippen LogP contribution in [-0.2, 0) is 0 Å². The van der Waals surface area contributed by atoms with E-state index in [1.165, 1.54) is 70.6 Å². The lowest BCUT2D eigenvalue weighted by Gasteiger charge is -2.03. The Morgan fingerprint density at radius 2 is 1.28 bits per heavy atom. The van der Waals surface area contributed by atoms with Crippen LogP contribution in [0.1, 0.15) is 90.9 Å². The van der Waals surface area contributed by atoms with Crippen molar-refractivity contribution in [1.82, 2.24) is 0 Å². The van der Waals surface area contributed by atoms with E-state index in [0.29, 0.717) is 0 Å². The summed E-state index contributed by atoms with van der Waals surface area (Å²) in [6.07, 6.45) is 20.1. The minimum atomic E-state index is -0.107. The highest BCUT2D eigenvalue weighted by atomic mass is 16.3. The first-order valence-electron chi connectivity index (χ1n) is 8.10. The molecule has 1 heteroatoms. The number of hydrogen-bond acceptors (Lipinski definition) is 1. The predicted octanol–water partition coefficient (Wildman–Crippen LogP) is 5.62. The number of rotatable bonds is 13. The van der Waals surface area contributed by atoms with E-state index in [-0.39, 0.29) is 6.10 Å². The second kappa shape index (κ2) is 14.8. The molecule has 0 radical (unpaired) electrons. The second-order valence-electron chi connectivity index (χ2n) is 5.51. The molecule has 0 aromatic carbocycles. The van der Waals surface area contributed by atoms with Gasteiger partial charge in [0, 0.05) is 0 Å². The van der Waals surface area contributed by atoms with Crippen LogP contribution in [0.5, 0.6) is 0 Å². The summed E-state index contributed by atoms with van der Waals surface area (Å²) in [5, 5.41) is 9.12.